The molecule has 7 nitrogen and oxygen atoms in total. The lowest BCUT2D eigenvalue weighted by Crippen LogP contribution is -2.63. The van der Waals surface area contributed by atoms with Crippen molar-refractivity contribution in [1.82, 2.24) is 10.2 Å². The smallest absolute Gasteiger partial charge is 0.246 e. The number of methoxy groups -OCH3 is 1. The zero-order valence-corrected chi connectivity index (χ0v) is 22.7. The predicted octanol–water partition coefficient (Wildman–Crippen LogP) is 5.21. The molecule has 1 aliphatic heterocycles. The van der Waals surface area contributed by atoms with E-state index in [1.807, 2.05) is 66.7 Å². The fraction of sp³-hybridized carbons (Fsp3) is 0.273. The Hall–Kier alpha value is -4.36. The van der Waals surface area contributed by atoms with Crippen molar-refractivity contribution in [2.24, 2.45) is 5.73 Å². The first-order valence-electron chi connectivity index (χ1n) is 13.7. The molecule has 5 rings (SSSR count). The number of carbonyl (C=O) groups is 2. The molecule has 0 aliphatic carbocycles. The second-order valence-electron chi connectivity index (χ2n) is 10.1. The van der Waals surface area contributed by atoms with E-state index in [9.17, 15) is 9.59 Å². The van der Waals surface area contributed by atoms with Gasteiger partial charge in [-0.15, -0.1) is 0 Å². The number of rotatable bonds is 11. The second-order valence-corrected chi connectivity index (χ2v) is 10.1. The summed E-state index contributed by atoms with van der Waals surface area (Å²) in [5, 5.41) is 5.26. The molecule has 7 heteroatoms. The van der Waals surface area contributed by atoms with Gasteiger partial charge in [-0.25, -0.2) is 0 Å². The molecule has 0 spiro atoms. The van der Waals surface area contributed by atoms with E-state index in [0.29, 0.717) is 36.6 Å². The van der Waals surface area contributed by atoms with Gasteiger partial charge in [0.2, 0.25) is 11.8 Å². The van der Waals surface area contributed by atoms with Crippen molar-refractivity contribution in [3.63, 3.8) is 0 Å². The molecule has 0 saturated carbocycles. The molecule has 3 N–H and O–H groups in total. The molecule has 1 aliphatic rings. The van der Waals surface area contributed by atoms with Gasteiger partial charge in [0.15, 0.2) is 11.5 Å². The first-order chi connectivity index (χ1) is 19.6. The van der Waals surface area contributed by atoms with Gasteiger partial charge < -0.3 is 25.4 Å². The normalized spacial score (nSPS) is 17.1. The van der Waals surface area contributed by atoms with Gasteiger partial charge in [0.1, 0.15) is 17.8 Å². The first-order valence-corrected chi connectivity index (χ1v) is 13.7. The van der Waals surface area contributed by atoms with Gasteiger partial charge in [-0.1, -0.05) is 66.7 Å². The SMILES string of the molecule is COc1cc(CN2C(=O)[C@H](Cc3ccc4ccccc4c3)NC(=O)[C@@H]2CCCCN)ccc1Oc1ccccc1. The number of ether oxygens (including phenoxy) is 2. The second kappa shape index (κ2) is 12.7. The molecule has 4 aromatic carbocycles. The largest absolute Gasteiger partial charge is 0.493 e. The van der Waals surface area contributed by atoms with Crippen LogP contribution in [-0.4, -0.2) is 42.5 Å². The number of piperazine rings is 1. The highest BCUT2D eigenvalue weighted by Gasteiger charge is 2.40. The predicted molar refractivity (Wildman–Crippen MR) is 156 cm³/mol. The highest BCUT2D eigenvalue weighted by atomic mass is 16.5. The van der Waals surface area contributed by atoms with Gasteiger partial charge in [-0.3, -0.25) is 9.59 Å². The Morgan fingerprint density at radius 2 is 1.57 bits per heavy atom. The Morgan fingerprint density at radius 3 is 2.35 bits per heavy atom. The number of para-hydroxylation sites is 1. The number of nitrogens with one attached hydrogen (secondary N) is 1. The van der Waals surface area contributed by atoms with Crippen molar-refractivity contribution < 1.29 is 19.1 Å². The summed E-state index contributed by atoms with van der Waals surface area (Å²) in [4.78, 5) is 28.9. The first kappa shape index (κ1) is 27.2. The Labute approximate surface area is 234 Å². The van der Waals surface area contributed by atoms with E-state index in [-0.39, 0.29) is 18.4 Å². The number of hydrogen-bond donors (Lipinski definition) is 2. The van der Waals surface area contributed by atoms with Gasteiger partial charge in [0.25, 0.3) is 0 Å². The zero-order valence-electron chi connectivity index (χ0n) is 22.7. The van der Waals surface area contributed by atoms with Gasteiger partial charge in [-0.2, -0.15) is 0 Å². The minimum Gasteiger partial charge on any atom is -0.493 e. The molecule has 4 aromatic rings. The number of nitrogens with two attached hydrogens (primary N) is 1. The minimum atomic E-state index is -0.637. The molecule has 2 atom stereocenters. The van der Waals surface area contributed by atoms with Crippen LogP contribution >= 0.6 is 0 Å². The average molecular weight is 538 g/mol. The summed E-state index contributed by atoms with van der Waals surface area (Å²) >= 11 is 0. The number of benzene rings is 4. The Morgan fingerprint density at radius 1 is 0.825 bits per heavy atom. The van der Waals surface area contributed by atoms with E-state index in [0.717, 1.165) is 34.7 Å². The van der Waals surface area contributed by atoms with Crippen LogP contribution in [0.5, 0.6) is 17.2 Å². The van der Waals surface area contributed by atoms with Crippen LogP contribution in [0.4, 0.5) is 0 Å². The average Bonchev–Trinajstić information content (AvgIpc) is 2.98. The maximum atomic E-state index is 13.9. The van der Waals surface area contributed by atoms with Crippen LogP contribution in [0.1, 0.15) is 30.4 Å². The fourth-order valence-electron chi connectivity index (χ4n) is 5.23. The molecule has 0 aromatic heterocycles. The van der Waals surface area contributed by atoms with E-state index in [2.05, 4.69) is 29.6 Å². The third-order valence-electron chi connectivity index (χ3n) is 7.31. The van der Waals surface area contributed by atoms with E-state index >= 15 is 0 Å². The number of nitrogens with zero attached hydrogens (tertiary/aromatic N) is 1. The van der Waals surface area contributed by atoms with E-state index in [4.69, 9.17) is 15.2 Å². The van der Waals surface area contributed by atoms with Crippen LogP contribution in [0, 0.1) is 0 Å². The third kappa shape index (κ3) is 6.26. The van der Waals surface area contributed by atoms with Crippen molar-refractivity contribution >= 4 is 22.6 Å². The van der Waals surface area contributed by atoms with Gasteiger partial charge in [0.05, 0.1) is 7.11 Å². The lowest BCUT2D eigenvalue weighted by atomic mass is 9.96. The molecule has 1 fully saturated rings. The van der Waals surface area contributed by atoms with Crippen molar-refractivity contribution in [3.8, 4) is 17.2 Å². The van der Waals surface area contributed by atoms with Crippen molar-refractivity contribution in [3.05, 3.63) is 102 Å². The molecule has 0 bridgehead atoms. The summed E-state index contributed by atoms with van der Waals surface area (Å²) in [6.07, 6.45) is 2.55. The summed E-state index contributed by atoms with van der Waals surface area (Å²) in [5.74, 6) is 1.62. The van der Waals surface area contributed by atoms with Gasteiger partial charge >= 0.3 is 0 Å². The van der Waals surface area contributed by atoms with Crippen LogP contribution < -0.4 is 20.5 Å². The highest BCUT2D eigenvalue weighted by molar-refractivity contribution is 5.97. The fourth-order valence-corrected chi connectivity index (χ4v) is 5.23. The standard InChI is InChI=1S/C33H35N3O4/c1-39-31-21-24(15-17-30(31)40-27-11-3-2-4-12-27)22-36-29(13-7-8-18-34)32(37)35-28(33(36)38)20-23-14-16-25-9-5-6-10-26(25)19-23/h2-6,9-12,14-17,19,21,28-29H,7-8,13,18,20,22,34H2,1H3,(H,35,37)/t28-,29-/m0/s1. The monoisotopic (exact) mass is 537 g/mol. The van der Waals surface area contributed by atoms with Crippen LogP contribution in [0.25, 0.3) is 10.8 Å². The zero-order chi connectivity index (χ0) is 27.9. The summed E-state index contributed by atoms with van der Waals surface area (Å²) in [7, 11) is 1.59. The van der Waals surface area contributed by atoms with Crippen LogP contribution in [-0.2, 0) is 22.6 Å². The van der Waals surface area contributed by atoms with Gasteiger partial charge in [-0.05, 0) is 72.0 Å². The molecular weight excluding hydrogens is 502 g/mol. The maximum absolute atomic E-state index is 13.9. The topological polar surface area (TPSA) is 93.9 Å². The van der Waals surface area contributed by atoms with E-state index < -0.39 is 12.1 Å². The Kier molecular flexibility index (Phi) is 8.62. The van der Waals surface area contributed by atoms with E-state index in [1.54, 1.807) is 12.0 Å². The quantitative estimate of drug-likeness (QED) is 0.256. The van der Waals surface area contributed by atoms with Crippen LogP contribution in [0.2, 0.25) is 0 Å². The number of unbranched alkanes of at least 4 members (excludes halogenated alkanes) is 1. The third-order valence-corrected chi connectivity index (χ3v) is 7.31. The maximum Gasteiger partial charge on any atom is 0.246 e. The number of fused-ring (bicyclic) bond motifs is 1. The molecule has 0 unspecified atom stereocenters. The Bertz CT molecular complexity index is 1470. The summed E-state index contributed by atoms with van der Waals surface area (Å²) in [6.45, 7) is 0.836. The lowest BCUT2D eigenvalue weighted by molar-refractivity contribution is -0.150. The van der Waals surface area contributed by atoms with Crippen molar-refractivity contribution in [2.75, 3.05) is 13.7 Å². The molecule has 206 valence electrons. The van der Waals surface area contributed by atoms with Gasteiger partial charge in [0, 0.05) is 13.0 Å². The number of amides is 2. The summed E-state index contributed by atoms with van der Waals surface area (Å²) < 4.78 is 11.6. The van der Waals surface area contributed by atoms with E-state index in [1.165, 1.54) is 0 Å². The molecule has 0 radical (unpaired) electrons. The molecule has 2 amide bonds. The minimum absolute atomic E-state index is 0.0888. The van der Waals surface area contributed by atoms with Crippen molar-refractivity contribution in [2.45, 2.75) is 44.3 Å². The van der Waals surface area contributed by atoms with Crippen molar-refractivity contribution in [1.29, 1.82) is 0 Å². The summed E-state index contributed by atoms with van der Waals surface area (Å²) in [6, 6.07) is 28.2. The number of carbonyl (C=O) groups excluding carboxylic acids is 2. The molecule has 40 heavy (non-hydrogen) atoms. The van der Waals surface area contributed by atoms with Crippen LogP contribution in [0.15, 0.2) is 91.0 Å². The lowest BCUT2D eigenvalue weighted by Gasteiger charge is -2.39. The molecule has 1 saturated heterocycles. The van der Waals surface area contributed by atoms with Crippen LogP contribution in [0.3, 0.4) is 0 Å². The highest BCUT2D eigenvalue weighted by Crippen LogP contribution is 2.33. The Balaban J connectivity index is 1.38. The summed E-state index contributed by atoms with van der Waals surface area (Å²) in [5.41, 5.74) is 7.56. The molecule has 1 heterocycles. The number of hydrogen-bond acceptors (Lipinski definition) is 5. The molecular formula is C33H35N3O4.